The van der Waals surface area contributed by atoms with E-state index in [1.807, 2.05) is 55.5 Å². The van der Waals surface area contributed by atoms with Gasteiger partial charge in [0.2, 0.25) is 0 Å². The Morgan fingerprint density at radius 3 is 2.53 bits per heavy atom. The molecule has 0 spiro atoms. The van der Waals surface area contributed by atoms with Crippen molar-refractivity contribution in [1.82, 2.24) is 0 Å². The van der Waals surface area contributed by atoms with Crippen molar-refractivity contribution < 1.29 is 4.74 Å². The van der Waals surface area contributed by atoms with Gasteiger partial charge in [-0.15, -0.1) is 0 Å². The first-order chi connectivity index (χ1) is 9.20. The summed E-state index contributed by atoms with van der Waals surface area (Å²) in [6.07, 6.45) is 0. The lowest BCUT2D eigenvalue weighted by Crippen LogP contribution is -2.21. The number of benzene rings is 2. The van der Waals surface area contributed by atoms with Crippen LogP contribution in [0.5, 0.6) is 5.75 Å². The molecule has 2 rings (SSSR count). The van der Waals surface area contributed by atoms with Crippen molar-refractivity contribution in [2.24, 2.45) is 11.5 Å². The third-order valence-corrected chi connectivity index (χ3v) is 3.06. The lowest BCUT2D eigenvalue weighted by atomic mass is 10.0. The zero-order valence-electron chi connectivity index (χ0n) is 11.2. The largest absolute Gasteiger partial charge is 0.489 e. The molecule has 0 fully saturated rings. The van der Waals surface area contributed by atoms with Crippen LogP contribution in [0.3, 0.4) is 0 Å². The van der Waals surface area contributed by atoms with Crippen LogP contribution in [0.4, 0.5) is 0 Å². The molecular formula is C16H20N2O. The van der Waals surface area contributed by atoms with Gasteiger partial charge in [-0.05, 0) is 24.1 Å². The Morgan fingerprint density at radius 2 is 1.84 bits per heavy atom. The van der Waals surface area contributed by atoms with Crippen LogP contribution in [0.15, 0.2) is 48.5 Å². The molecule has 0 radical (unpaired) electrons. The van der Waals surface area contributed by atoms with Crippen molar-refractivity contribution in [3.8, 4) is 5.75 Å². The van der Waals surface area contributed by atoms with Crippen LogP contribution in [0, 0.1) is 6.92 Å². The second kappa shape index (κ2) is 6.36. The monoisotopic (exact) mass is 256 g/mol. The number of aryl methyl sites for hydroxylation is 1. The predicted molar refractivity (Wildman–Crippen MR) is 77.9 cm³/mol. The van der Waals surface area contributed by atoms with E-state index < -0.39 is 0 Å². The SMILES string of the molecule is Cc1ccc(C(N)CN)c(OCc2ccccc2)c1. The van der Waals surface area contributed by atoms with Crippen LogP contribution in [0.25, 0.3) is 0 Å². The summed E-state index contributed by atoms with van der Waals surface area (Å²) in [5.41, 5.74) is 14.9. The summed E-state index contributed by atoms with van der Waals surface area (Å²) in [5, 5.41) is 0. The molecule has 2 aromatic carbocycles. The van der Waals surface area contributed by atoms with Crippen molar-refractivity contribution in [2.75, 3.05) is 6.54 Å². The number of rotatable bonds is 5. The quantitative estimate of drug-likeness (QED) is 0.864. The third kappa shape index (κ3) is 3.56. The first-order valence-corrected chi connectivity index (χ1v) is 6.43. The molecule has 1 unspecified atom stereocenters. The van der Waals surface area contributed by atoms with Gasteiger partial charge in [-0.1, -0.05) is 42.5 Å². The topological polar surface area (TPSA) is 61.3 Å². The molecule has 0 heterocycles. The van der Waals surface area contributed by atoms with Crippen molar-refractivity contribution in [2.45, 2.75) is 19.6 Å². The second-order valence-electron chi connectivity index (χ2n) is 4.66. The number of ether oxygens (including phenoxy) is 1. The molecule has 0 aromatic heterocycles. The van der Waals surface area contributed by atoms with Crippen molar-refractivity contribution in [3.05, 3.63) is 65.2 Å². The van der Waals surface area contributed by atoms with Crippen LogP contribution in [-0.4, -0.2) is 6.54 Å². The van der Waals surface area contributed by atoms with Crippen molar-refractivity contribution in [3.63, 3.8) is 0 Å². The number of hydrogen-bond donors (Lipinski definition) is 2. The molecule has 0 aliphatic carbocycles. The van der Waals surface area contributed by atoms with Crippen molar-refractivity contribution >= 4 is 0 Å². The lowest BCUT2D eigenvalue weighted by Gasteiger charge is -2.16. The van der Waals surface area contributed by atoms with Gasteiger partial charge >= 0.3 is 0 Å². The summed E-state index contributed by atoms with van der Waals surface area (Å²) < 4.78 is 5.89. The van der Waals surface area contributed by atoms with Crippen molar-refractivity contribution in [1.29, 1.82) is 0 Å². The molecule has 19 heavy (non-hydrogen) atoms. The van der Waals surface area contributed by atoms with Gasteiger partial charge in [-0.25, -0.2) is 0 Å². The van der Waals surface area contributed by atoms with Crippen LogP contribution in [0.1, 0.15) is 22.7 Å². The van der Waals surface area contributed by atoms with Gasteiger partial charge in [-0.2, -0.15) is 0 Å². The van der Waals surface area contributed by atoms with Gasteiger partial charge in [0.1, 0.15) is 12.4 Å². The molecule has 0 aliphatic rings. The van der Waals surface area contributed by atoms with E-state index in [9.17, 15) is 0 Å². The first-order valence-electron chi connectivity index (χ1n) is 6.43. The highest BCUT2D eigenvalue weighted by Gasteiger charge is 2.11. The average molecular weight is 256 g/mol. The Morgan fingerprint density at radius 1 is 1.11 bits per heavy atom. The zero-order valence-corrected chi connectivity index (χ0v) is 11.2. The Balaban J connectivity index is 2.16. The second-order valence-corrected chi connectivity index (χ2v) is 4.66. The molecule has 1 atom stereocenters. The molecular weight excluding hydrogens is 236 g/mol. The van der Waals surface area contributed by atoms with Gasteiger partial charge in [-0.3, -0.25) is 0 Å². The fourth-order valence-corrected chi connectivity index (χ4v) is 1.94. The molecule has 0 aliphatic heterocycles. The smallest absolute Gasteiger partial charge is 0.124 e. The highest BCUT2D eigenvalue weighted by molar-refractivity contribution is 5.39. The molecule has 0 saturated heterocycles. The van der Waals surface area contributed by atoms with E-state index >= 15 is 0 Å². The Kier molecular flexibility index (Phi) is 4.55. The fourth-order valence-electron chi connectivity index (χ4n) is 1.94. The third-order valence-electron chi connectivity index (χ3n) is 3.06. The van der Waals surface area contributed by atoms with E-state index in [1.54, 1.807) is 0 Å². The normalized spacial score (nSPS) is 12.2. The van der Waals surface area contributed by atoms with E-state index in [1.165, 1.54) is 0 Å². The number of hydrogen-bond acceptors (Lipinski definition) is 3. The van der Waals surface area contributed by atoms with E-state index in [4.69, 9.17) is 16.2 Å². The van der Waals surface area contributed by atoms with Gasteiger partial charge in [0.15, 0.2) is 0 Å². The lowest BCUT2D eigenvalue weighted by molar-refractivity contribution is 0.301. The first kappa shape index (κ1) is 13.6. The molecule has 2 aromatic rings. The summed E-state index contributed by atoms with van der Waals surface area (Å²) in [6, 6.07) is 15.9. The Bertz CT molecular complexity index is 526. The number of nitrogens with two attached hydrogens (primary N) is 2. The minimum atomic E-state index is -0.189. The standard InChI is InChI=1S/C16H20N2O/c1-12-7-8-14(15(18)10-17)16(9-12)19-11-13-5-3-2-4-6-13/h2-9,15H,10-11,17-18H2,1H3. The highest BCUT2D eigenvalue weighted by atomic mass is 16.5. The maximum absolute atomic E-state index is 6.01. The van der Waals surface area contributed by atoms with E-state index in [-0.39, 0.29) is 6.04 Å². The summed E-state index contributed by atoms with van der Waals surface area (Å²) in [6.45, 7) is 2.98. The molecule has 0 amide bonds. The zero-order chi connectivity index (χ0) is 13.7. The van der Waals surface area contributed by atoms with Gasteiger partial charge in [0.25, 0.3) is 0 Å². The van der Waals surface area contributed by atoms with Crippen LogP contribution < -0.4 is 16.2 Å². The van der Waals surface area contributed by atoms with Crippen LogP contribution >= 0.6 is 0 Å². The molecule has 0 saturated carbocycles. The molecule has 4 N–H and O–H groups in total. The Labute approximate surface area is 114 Å². The Hall–Kier alpha value is -1.84. The minimum absolute atomic E-state index is 0.189. The van der Waals surface area contributed by atoms with Gasteiger partial charge in [0.05, 0.1) is 0 Å². The maximum Gasteiger partial charge on any atom is 0.124 e. The molecule has 3 nitrogen and oxygen atoms in total. The van der Waals surface area contributed by atoms with Gasteiger partial charge in [0, 0.05) is 18.2 Å². The summed E-state index contributed by atoms with van der Waals surface area (Å²) in [4.78, 5) is 0. The van der Waals surface area contributed by atoms with Crippen LogP contribution in [0.2, 0.25) is 0 Å². The fraction of sp³-hybridized carbons (Fsp3) is 0.250. The molecule has 100 valence electrons. The summed E-state index contributed by atoms with van der Waals surface area (Å²) >= 11 is 0. The predicted octanol–water partition coefficient (Wildman–Crippen LogP) is 2.53. The summed E-state index contributed by atoms with van der Waals surface area (Å²) in [7, 11) is 0. The van der Waals surface area contributed by atoms with E-state index in [2.05, 4.69) is 0 Å². The highest BCUT2D eigenvalue weighted by Crippen LogP contribution is 2.25. The van der Waals surface area contributed by atoms with Crippen LogP contribution in [-0.2, 0) is 6.61 Å². The minimum Gasteiger partial charge on any atom is -0.489 e. The molecule has 3 heteroatoms. The van der Waals surface area contributed by atoms with E-state index in [0.717, 1.165) is 22.4 Å². The summed E-state index contributed by atoms with van der Waals surface area (Å²) in [5.74, 6) is 0.821. The average Bonchev–Trinajstić information content (AvgIpc) is 2.45. The molecule has 0 bridgehead atoms. The van der Waals surface area contributed by atoms with E-state index in [0.29, 0.717) is 13.2 Å². The van der Waals surface area contributed by atoms with Gasteiger partial charge < -0.3 is 16.2 Å². The maximum atomic E-state index is 6.01.